The molecular weight excluding hydrogens is 492 g/mol. The molecule has 3 rings (SSSR count). The summed E-state index contributed by atoms with van der Waals surface area (Å²) in [5.41, 5.74) is 1.80. The van der Waals surface area contributed by atoms with Crippen molar-refractivity contribution in [3.63, 3.8) is 0 Å². The first-order chi connectivity index (χ1) is 17.8. The van der Waals surface area contributed by atoms with Gasteiger partial charge in [0, 0.05) is 45.7 Å². The number of carbonyl (C=O) groups is 2. The van der Waals surface area contributed by atoms with E-state index in [2.05, 4.69) is 14.9 Å². The zero-order valence-electron chi connectivity index (χ0n) is 21.7. The van der Waals surface area contributed by atoms with Crippen LogP contribution in [0.25, 0.3) is 0 Å². The Morgan fingerprint density at radius 3 is 2.35 bits per heavy atom. The predicted octanol–water partition coefficient (Wildman–Crippen LogP) is 1.78. The van der Waals surface area contributed by atoms with Crippen LogP contribution in [0.1, 0.15) is 31.4 Å². The smallest absolute Gasteiger partial charge is 0.242 e. The van der Waals surface area contributed by atoms with E-state index in [0.717, 1.165) is 30.8 Å². The Morgan fingerprint density at radius 2 is 1.70 bits per heavy atom. The van der Waals surface area contributed by atoms with Crippen molar-refractivity contribution in [1.82, 2.24) is 19.8 Å². The van der Waals surface area contributed by atoms with Crippen molar-refractivity contribution in [2.45, 2.75) is 44.2 Å². The Morgan fingerprint density at radius 1 is 1.03 bits per heavy atom. The first-order valence-corrected chi connectivity index (χ1v) is 14.3. The van der Waals surface area contributed by atoms with Crippen molar-refractivity contribution in [3.05, 3.63) is 65.7 Å². The second-order valence-electron chi connectivity index (χ2n) is 9.07. The van der Waals surface area contributed by atoms with Crippen molar-refractivity contribution >= 4 is 21.8 Å². The molecular formula is C27H38N4O5S. The van der Waals surface area contributed by atoms with Gasteiger partial charge in [0.25, 0.3) is 0 Å². The maximum Gasteiger partial charge on any atom is 0.242 e. The second-order valence-corrected chi connectivity index (χ2v) is 10.8. The van der Waals surface area contributed by atoms with Crippen LogP contribution in [-0.4, -0.2) is 82.0 Å². The number of hydrogen-bond acceptors (Lipinski definition) is 6. The van der Waals surface area contributed by atoms with E-state index in [4.69, 9.17) is 4.74 Å². The molecule has 1 aliphatic rings. The van der Waals surface area contributed by atoms with Gasteiger partial charge in [0.05, 0.1) is 18.1 Å². The first kappa shape index (κ1) is 28.8. The van der Waals surface area contributed by atoms with E-state index in [0.29, 0.717) is 39.3 Å². The highest BCUT2D eigenvalue weighted by atomic mass is 32.2. The number of rotatable bonds is 13. The minimum absolute atomic E-state index is 0.135. The number of amides is 2. The molecule has 1 atom stereocenters. The molecule has 0 bridgehead atoms. The summed E-state index contributed by atoms with van der Waals surface area (Å²) in [6, 6.07) is 15.5. The van der Waals surface area contributed by atoms with Crippen LogP contribution < -0.4 is 10.0 Å². The number of carbonyl (C=O) groups excluding carboxylic acids is 2. The maximum absolute atomic E-state index is 13.3. The zero-order valence-corrected chi connectivity index (χ0v) is 22.5. The summed E-state index contributed by atoms with van der Waals surface area (Å²) in [4.78, 5) is 30.3. The summed E-state index contributed by atoms with van der Waals surface area (Å²) in [7, 11) is -3.52. The van der Waals surface area contributed by atoms with Gasteiger partial charge in [-0.15, -0.1) is 0 Å². The van der Waals surface area contributed by atoms with Crippen molar-refractivity contribution in [3.8, 4) is 0 Å². The van der Waals surface area contributed by atoms with Crippen LogP contribution in [-0.2, 0) is 37.3 Å². The monoisotopic (exact) mass is 530 g/mol. The highest BCUT2D eigenvalue weighted by Gasteiger charge is 2.26. The summed E-state index contributed by atoms with van der Waals surface area (Å²) in [5, 5.41) is 2.98. The number of nitrogens with one attached hydrogen (secondary N) is 2. The fraction of sp³-hybridized carbons (Fsp3) is 0.481. The molecule has 2 aromatic rings. The lowest BCUT2D eigenvalue weighted by molar-refractivity contribution is -0.140. The highest BCUT2D eigenvalue weighted by Crippen LogP contribution is 2.15. The van der Waals surface area contributed by atoms with Crippen molar-refractivity contribution < 1.29 is 22.7 Å². The lowest BCUT2D eigenvalue weighted by Gasteiger charge is -2.30. The minimum Gasteiger partial charge on any atom is -0.379 e. The number of benzene rings is 2. The van der Waals surface area contributed by atoms with Gasteiger partial charge in [-0.2, -0.15) is 0 Å². The molecule has 0 saturated carbocycles. The average molecular weight is 531 g/mol. The number of morpholine rings is 1. The van der Waals surface area contributed by atoms with E-state index >= 15 is 0 Å². The standard InChI is InChI=1S/C27H38N4O5S/c1-3-29-37(34,35)25-12-9-23(10-13-25)11-14-26(32)31(21-24-7-5-4-6-8-24)22(2)27(33)28-15-16-30-17-19-36-20-18-30/h4-10,12-13,22,29H,3,11,14-21H2,1-2H3,(H,28,33)/t22-/m0/s1. The number of aryl methyl sites for hydroxylation is 1. The first-order valence-electron chi connectivity index (χ1n) is 12.8. The third kappa shape index (κ3) is 8.92. The van der Waals surface area contributed by atoms with Crippen LogP contribution in [0, 0.1) is 0 Å². The predicted molar refractivity (Wildman–Crippen MR) is 142 cm³/mol. The van der Waals surface area contributed by atoms with Crippen LogP contribution in [0.3, 0.4) is 0 Å². The SMILES string of the molecule is CCNS(=O)(=O)c1ccc(CCC(=O)N(Cc2ccccc2)[C@@H](C)C(=O)NCCN2CCOCC2)cc1. The molecule has 2 amide bonds. The van der Waals surface area contributed by atoms with Gasteiger partial charge in [-0.25, -0.2) is 13.1 Å². The van der Waals surface area contributed by atoms with Gasteiger partial charge in [0.1, 0.15) is 6.04 Å². The Hall–Kier alpha value is -2.79. The number of nitrogens with zero attached hydrogens (tertiary/aromatic N) is 2. The second kappa shape index (κ2) is 14.2. The molecule has 1 aliphatic heterocycles. The normalized spacial score (nSPS) is 15.2. The number of sulfonamides is 1. The molecule has 10 heteroatoms. The number of hydrogen-bond donors (Lipinski definition) is 2. The fourth-order valence-electron chi connectivity index (χ4n) is 4.18. The fourth-order valence-corrected chi connectivity index (χ4v) is 5.22. The van der Waals surface area contributed by atoms with E-state index in [1.54, 1.807) is 43.0 Å². The van der Waals surface area contributed by atoms with E-state index in [-0.39, 0.29) is 23.1 Å². The molecule has 0 spiro atoms. The average Bonchev–Trinajstić information content (AvgIpc) is 2.91. The largest absolute Gasteiger partial charge is 0.379 e. The van der Waals surface area contributed by atoms with Crippen LogP contribution >= 0.6 is 0 Å². The molecule has 1 saturated heterocycles. The van der Waals surface area contributed by atoms with Gasteiger partial charge in [0.2, 0.25) is 21.8 Å². The molecule has 1 fully saturated rings. The Bertz CT molecular complexity index is 1100. The van der Waals surface area contributed by atoms with Crippen LogP contribution in [0.15, 0.2) is 59.5 Å². The van der Waals surface area contributed by atoms with Crippen LogP contribution in [0.4, 0.5) is 0 Å². The third-order valence-electron chi connectivity index (χ3n) is 6.39. The topological polar surface area (TPSA) is 108 Å². The lowest BCUT2D eigenvalue weighted by atomic mass is 10.1. The molecule has 0 aromatic heterocycles. The highest BCUT2D eigenvalue weighted by molar-refractivity contribution is 7.89. The van der Waals surface area contributed by atoms with Crippen LogP contribution in [0.2, 0.25) is 0 Å². The van der Waals surface area contributed by atoms with Gasteiger partial charge in [-0.3, -0.25) is 14.5 Å². The summed E-state index contributed by atoms with van der Waals surface area (Å²) < 4.78 is 32.1. The quantitative estimate of drug-likeness (QED) is 0.409. The zero-order chi connectivity index (χ0) is 26.7. The molecule has 0 unspecified atom stereocenters. The van der Waals surface area contributed by atoms with E-state index < -0.39 is 16.1 Å². The number of ether oxygens (including phenoxy) is 1. The van der Waals surface area contributed by atoms with E-state index in [1.165, 1.54) is 0 Å². The van der Waals surface area contributed by atoms with Gasteiger partial charge in [-0.1, -0.05) is 49.4 Å². The molecule has 202 valence electrons. The Kier molecular flexibility index (Phi) is 11.1. The Labute approximate surface area is 220 Å². The molecule has 2 aromatic carbocycles. The minimum atomic E-state index is -3.52. The van der Waals surface area contributed by atoms with E-state index in [1.807, 2.05) is 30.3 Å². The summed E-state index contributed by atoms with van der Waals surface area (Å²) in [6.07, 6.45) is 0.647. The third-order valence-corrected chi connectivity index (χ3v) is 7.95. The Balaban J connectivity index is 1.61. The summed E-state index contributed by atoms with van der Waals surface area (Å²) >= 11 is 0. The maximum atomic E-state index is 13.3. The summed E-state index contributed by atoms with van der Waals surface area (Å²) in [6.45, 7) is 8.50. The molecule has 0 radical (unpaired) electrons. The van der Waals surface area contributed by atoms with Crippen molar-refractivity contribution in [2.75, 3.05) is 45.9 Å². The van der Waals surface area contributed by atoms with Crippen LogP contribution in [0.5, 0.6) is 0 Å². The van der Waals surface area contributed by atoms with Crippen molar-refractivity contribution in [2.24, 2.45) is 0 Å². The summed E-state index contributed by atoms with van der Waals surface area (Å²) in [5.74, 6) is -0.320. The van der Waals surface area contributed by atoms with Gasteiger partial charge in [-0.05, 0) is 36.6 Å². The molecule has 0 aliphatic carbocycles. The molecule has 9 nitrogen and oxygen atoms in total. The van der Waals surface area contributed by atoms with Gasteiger partial charge < -0.3 is 15.0 Å². The van der Waals surface area contributed by atoms with Gasteiger partial charge >= 0.3 is 0 Å². The molecule has 1 heterocycles. The molecule has 2 N–H and O–H groups in total. The van der Waals surface area contributed by atoms with E-state index in [9.17, 15) is 18.0 Å². The molecule has 37 heavy (non-hydrogen) atoms. The van der Waals surface area contributed by atoms with Gasteiger partial charge in [0.15, 0.2) is 0 Å². The lowest BCUT2D eigenvalue weighted by Crippen LogP contribution is -2.49. The van der Waals surface area contributed by atoms with Crippen molar-refractivity contribution in [1.29, 1.82) is 0 Å².